The van der Waals surface area contributed by atoms with E-state index in [4.69, 9.17) is 20.8 Å². The maximum absolute atomic E-state index is 13.7. The highest BCUT2D eigenvalue weighted by Gasteiger charge is 2.16. The molecule has 0 radical (unpaired) electrons. The van der Waals surface area contributed by atoms with Gasteiger partial charge in [0.15, 0.2) is 11.6 Å². The third kappa shape index (κ3) is 2.64. The van der Waals surface area contributed by atoms with Crippen molar-refractivity contribution in [1.29, 1.82) is 5.26 Å². The van der Waals surface area contributed by atoms with Gasteiger partial charge < -0.3 is 15.6 Å². The topological polar surface area (TPSA) is 109 Å². The van der Waals surface area contributed by atoms with Crippen LogP contribution >= 0.6 is 0 Å². The number of nitriles is 1. The summed E-state index contributed by atoms with van der Waals surface area (Å²) in [4.78, 5) is 14.8. The number of pyridine rings is 1. The maximum atomic E-state index is 13.7. The van der Waals surface area contributed by atoms with E-state index in [9.17, 15) is 9.18 Å². The molecular weight excluding hydrogens is 265 g/mol. The first-order valence-electron chi connectivity index (χ1n) is 5.37. The van der Waals surface area contributed by atoms with Gasteiger partial charge in [-0.25, -0.2) is 14.2 Å². The van der Waals surface area contributed by atoms with Gasteiger partial charge in [0.1, 0.15) is 5.56 Å². The van der Waals surface area contributed by atoms with Gasteiger partial charge in [0.2, 0.25) is 5.88 Å². The third-order valence-corrected chi connectivity index (χ3v) is 2.37. The minimum atomic E-state index is -1.30. The molecule has 1 aromatic carbocycles. The molecule has 0 spiro atoms. The molecule has 1 aromatic heterocycles. The molecule has 3 N–H and O–H groups in total. The average Bonchev–Trinajstić information content (AvgIpc) is 2.42. The number of ether oxygens (including phenoxy) is 1. The van der Waals surface area contributed by atoms with Crippen LogP contribution in [0.25, 0.3) is 0 Å². The minimum absolute atomic E-state index is 0.124. The number of aromatic nitrogens is 1. The van der Waals surface area contributed by atoms with E-state index in [1.807, 2.05) is 0 Å². The predicted octanol–water partition coefficient (Wildman–Crippen LogP) is 2.17. The number of benzene rings is 1. The van der Waals surface area contributed by atoms with Crippen molar-refractivity contribution in [3.8, 4) is 17.7 Å². The number of carboxylic acid groups (broad SMARTS) is 1. The molecule has 0 saturated carbocycles. The lowest BCUT2D eigenvalue weighted by Crippen LogP contribution is -2.04. The number of nitrogens with zero attached hydrogens (tertiary/aromatic N) is 2. The van der Waals surface area contributed by atoms with Gasteiger partial charge >= 0.3 is 5.97 Å². The summed E-state index contributed by atoms with van der Waals surface area (Å²) in [6.07, 6.45) is 1.20. The monoisotopic (exact) mass is 273 g/mol. The van der Waals surface area contributed by atoms with E-state index in [0.29, 0.717) is 0 Å². The van der Waals surface area contributed by atoms with E-state index >= 15 is 0 Å². The fourth-order valence-corrected chi connectivity index (χ4v) is 1.46. The highest BCUT2D eigenvalue weighted by molar-refractivity contribution is 5.91. The molecule has 0 atom stereocenters. The van der Waals surface area contributed by atoms with E-state index in [1.165, 1.54) is 18.3 Å². The lowest BCUT2D eigenvalue weighted by molar-refractivity contribution is 0.0693. The Balaban J connectivity index is 2.40. The second kappa shape index (κ2) is 5.24. The fraction of sp³-hybridized carbons (Fsp3) is 0. The normalized spacial score (nSPS) is 9.80. The molecule has 0 aliphatic heterocycles. The van der Waals surface area contributed by atoms with Gasteiger partial charge in [-0.05, 0) is 24.3 Å². The summed E-state index contributed by atoms with van der Waals surface area (Å²) < 4.78 is 18.8. The predicted molar refractivity (Wildman–Crippen MR) is 66.8 cm³/mol. The second-order valence-electron chi connectivity index (χ2n) is 3.79. The van der Waals surface area contributed by atoms with Crippen LogP contribution in [-0.2, 0) is 0 Å². The molecule has 6 nitrogen and oxygen atoms in total. The zero-order valence-electron chi connectivity index (χ0n) is 10.0. The molecule has 0 saturated heterocycles. The quantitative estimate of drug-likeness (QED) is 0.886. The number of rotatable bonds is 3. The van der Waals surface area contributed by atoms with Crippen molar-refractivity contribution < 1.29 is 19.0 Å². The third-order valence-electron chi connectivity index (χ3n) is 2.37. The molecule has 100 valence electrons. The van der Waals surface area contributed by atoms with Gasteiger partial charge in [0.25, 0.3) is 0 Å². The Morgan fingerprint density at radius 1 is 1.45 bits per heavy atom. The molecule has 2 rings (SSSR count). The molecule has 1 heterocycles. The molecule has 20 heavy (non-hydrogen) atoms. The molecule has 0 fully saturated rings. The Morgan fingerprint density at radius 3 is 2.80 bits per heavy atom. The van der Waals surface area contributed by atoms with Gasteiger partial charge in [0.05, 0.1) is 23.5 Å². The van der Waals surface area contributed by atoms with Crippen molar-refractivity contribution in [3.05, 3.63) is 47.4 Å². The van der Waals surface area contributed by atoms with Crippen LogP contribution in [0.15, 0.2) is 30.5 Å². The lowest BCUT2D eigenvalue weighted by atomic mass is 10.2. The minimum Gasteiger partial charge on any atom is -0.477 e. The van der Waals surface area contributed by atoms with Crippen molar-refractivity contribution in [2.24, 2.45) is 0 Å². The van der Waals surface area contributed by atoms with Crippen LogP contribution in [0, 0.1) is 17.1 Å². The van der Waals surface area contributed by atoms with Crippen molar-refractivity contribution in [1.82, 2.24) is 4.98 Å². The van der Waals surface area contributed by atoms with Crippen molar-refractivity contribution >= 4 is 11.7 Å². The number of nitrogen functional groups attached to an aromatic ring is 1. The summed E-state index contributed by atoms with van der Waals surface area (Å²) in [5.41, 5.74) is 5.42. The summed E-state index contributed by atoms with van der Waals surface area (Å²) in [6, 6.07) is 6.48. The SMILES string of the molecule is N#Cc1ccc(Oc2ncc(N)cc2C(=O)O)c(F)c1. The highest BCUT2D eigenvalue weighted by Crippen LogP contribution is 2.27. The van der Waals surface area contributed by atoms with Crippen LogP contribution in [0.1, 0.15) is 15.9 Å². The van der Waals surface area contributed by atoms with Crippen molar-refractivity contribution in [3.63, 3.8) is 0 Å². The number of hydrogen-bond acceptors (Lipinski definition) is 5. The van der Waals surface area contributed by atoms with E-state index < -0.39 is 11.8 Å². The Kier molecular flexibility index (Phi) is 3.48. The van der Waals surface area contributed by atoms with Gasteiger partial charge in [-0.3, -0.25) is 0 Å². The molecule has 7 heteroatoms. The first-order valence-corrected chi connectivity index (χ1v) is 5.37. The molecule has 0 amide bonds. The van der Waals surface area contributed by atoms with Crippen LogP contribution in [0.4, 0.5) is 10.1 Å². The Morgan fingerprint density at radius 2 is 2.20 bits per heavy atom. The van der Waals surface area contributed by atoms with Crippen LogP contribution in [0.3, 0.4) is 0 Å². The van der Waals surface area contributed by atoms with Crippen LogP contribution in [0.2, 0.25) is 0 Å². The molecule has 0 bridgehead atoms. The Bertz CT molecular complexity index is 725. The number of hydrogen-bond donors (Lipinski definition) is 2. The van der Waals surface area contributed by atoms with E-state index in [-0.39, 0.29) is 28.4 Å². The lowest BCUT2D eigenvalue weighted by Gasteiger charge is -2.08. The Labute approximate surface area is 112 Å². The number of nitrogens with two attached hydrogens (primary N) is 1. The number of halogens is 1. The molecule has 0 unspecified atom stereocenters. The number of carboxylic acids is 1. The molecule has 0 aliphatic carbocycles. The standard InChI is InChI=1S/C13H8FN3O3/c14-10-3-7(5-15)1-2-11(10)20-12-9(13(18)19)4-8(16)6-17-12/h1-4,6H,16H2,(H,18,19). The number of aromatic carboxylic acids is 1. The van der Waals surface area contributed by atoms with Crippen molar-refractivity contribution in [2.45, 2.75) is 0 Å². The van der Waals surface area contributed by atoms with Crippen LogP contribution in [-0.4, -0.2) is 16.1 Å². The average molecular weight is 273 g/mol. The summed E-state index contributed by atoms with van der Waals surface area (Å²) in [5, 5.41) is 17.6. The fourth-order valence-electron chi connectivity index (χ4n) is 1.46. The number of anilines is 1. The number of carbonyl (C=O) groups is 1. The van der Waals surface area contributed by atoms with E-state index in [0.717, 1.165) is 12.1 Å². The molecular formula is C13H8FN3O3. The highest BCUT2D eigenvalue weighted by atomic mass is 19.1. The van der Waals surface area contributed by atoms with E-state index in [1.54, 1.807) is 6.07 Å². The molecule has 2 aromatic rings. The summed E-state index contributed by atoms with van der Waals surface area (Å²) in [5.74, 6) is -2.60. The summed E-state index contributed by atoms with van der Waals surface area (Å²) in [7, 11) is 0. The van der Waals surface area contributed by atoms with Crippen LogP contribution in [0.5, 0.6) is 11.6 Å². The summed E-state index contributed by atoms with van der Waals surface area (Å²) in [6.45, 7) is 0. The first-order chi connectivity index (χ1) is 9.51. The second-order valence-corrected chi connectivity index (χ2v) is 3.79. The smallest absolute Gasteiger partial charge is 0.341 e. The van der Waals surface area contributed by atoms with Crippen molar-refractivity contribution in [2.75, 3.05) is 5.73 Å². The van der Waals surface area contributed by atoms with Gasteiger partial charge in [-0.1, -0.05) is 0 Å². The zero-order chi connectivity index (χ0) is 14.7. The van der Waals surface area contributed by atoms with E-state index in [2.05, 4.69) is 4.98 Å². The Hall–Kier alpha value is -3.14. The van der Waals surface area contributed by atoms with Gasteiger partial charge in [-0.2, -0.15) is 5.26 Å². The zero-order valence-corrected chi connectivity index (χ0v) is 10.0. The summed E-state index contributed by atoms with van der Waals surface area (Å²) >= 11 is 0. The molecule has 0 aliphatic rings. The van der Waals surface area contributed by atoms with Gasteiger partial charge in [0, 0.05) is 0 Å². The maximum Gasteiger partial charge on any atom is 0.341 e. The largest absolute Gasteiger partial charge is 0.477 e. The van der Waals surface area contributed by atoms with Crippen LogP contribution < -0.4 is 10.5 Å². The van der Waals surface area contributed by atoms with Gasteiger partial charge in [-0.15, -0.1) is 0 Å². The first kappa shape index (κ1) is 13.3.